The molecular formula is C16H22O5. The molecule has 0 aliphatic carbocycles. The van der Waals surface area contributed by atoms with Gasteiger partial charge in [0, 0.05) is 11.1 Å². The second-order valence-corrected chi connectivity index (χ2v) is 4.76. The summed E-state index contributed by atoms with van der Waals surface area (Å²) in [6, 6.07) is 1.47. The molecule has 0 unspecified atom stereocenters. The summed E-state index contributed by atoms with van der Waals surface area (Å²) in [5.74, 6) is -1.13. The number of aromatic hydroxyl groups is 1. The first-order valence-corrected chi connectivity index (χ1v) is 7.06. The van der Waals surface area contributed by atoms with E-state index in [9.17, 15) is 14.7 Å². The van der Waals surface area contributed by atoms with E-state index in [-0.39, 0.29) is 16.9 Å². The van der Waals surface area contributed by atoms with E-state index < -0.39 is 11.9 Å². The van der Waals surface area contributed by atoms with Gasteiger partial charge in [-0.1, -0.05) is 26.7 Å². The molecule has 5 heteroatoms. The maximum Gasteiger partial charge on any atom is 0.338 e. The van der Waals surface area contributed by atoms with E-state index in [0.717, 1.165) is 12.8 Å². The van der Waals surface area contributed by atoms with Crippen molar-refractivity contribution in [2.75, 3.05) is 14.2 Å². The molecule has 0 atom stereocenters. The second kappa shape index (κ2) is 7.67. The van der Waals surface area contributed by atoms with Gasteiger partial charge in [-0.15, -0.1) is 0 Å². The number of hydrogen-bond donors (Lipinski definition) is 1. The van der Waals surface area contributed by atoms with Crippen LogP contribution in [0.1, 0.15) is 58.5 Å². The van der Waals surface area contributed by atoms with Crippen molar-refractivity contribution in [3.05, 3.63) is 28.3 Å². The van der Waals surface area contributed by atoms with E-state index in [2.05, 4.69) is 0 Å². The maximum atomic E-state index is 11.9. The average Bonchev–Trinajstić information content (AvgIpc) is 2.50. The number of methoxy groups -OCH3 is 2. The van der Waals surface area contributed by atoms with Crippen molar-refractivity contribution in [1.29, 1.82) is 0 Å². The first-order valence-electron chi connectivity index (χ1n) is 7.06. The summed E-state index contributed by atoms with van der Waals surface area (Å²) in [6.07, 6.45) is 2.60. The van der Waals surface area contributed by atoms with E-state index >= 15 is 0 Å². The minimum atomic E-state index is -0.568. The molecule has 0 saturated carbocycles. The van der Waals surface area contributed by atoms with E-state index in [4.69, 9.17) is 9.47 Å². The maximum absolute atomic E-state index is 11.9. The third-order valence-electron chi connectivity index (χ3n) is 3.32. The lowest BCUT2D eigenvalue weighted by molar-refractivity contribution is 0.0596. The number of hydrogen-bond acceptors (Lipinski definition) is 5. The Morgan fingerprint density at radius 2 is 1.33 bits per heavy atom. The van der Waals surface area contributed by atoms with E-state index in [1.165, 1.54) is 20.3 Å². The quantitative estimate of drug-likeness (QED) is 0.817. The normalized spacial score (nSPS) is 10.3. The van der Waals surface area contributed by atoms with Gasteiger partial charge in [-0.2, -0.15) is 0 Å². The van der Waals surface area contributed by atoms with Gasteiger partial charge in [-0.3, -0.25) is 0 Å². The number of ether oxygens (including phenoxy) is 2. The predicted molar refractivity (Wildman–Crippen MR) is 78.8 cm³/mol. The largest absolute Gasteiger partial charge is 0.507 e. The van der Waals surface area contributed by atoms with Gasteiger partial charge in [-0.05, 0) is 18.9 Å². The molecule has 0 amide bonds. The molecule has 0 heterocycles. The minimum Gasteiger partial charge on any atom is -0.507 e. The van der Waals surface area contributed by atoms with E-state index in [1.807, 2.05) is 13.8 Å². The Labute approximate surface area is 124 Å². The van der Waals surface area contributed by atoms with E-state index in [1.54, 1.807) is 0 Å². The van der Waals surface area contributed by atoms with Crippen LogP contribution in [-0.4, -0.2) is 31.3 Å². The van der Waals surface area contributed by atoms with Crippen LogP contribution in [0.2, 0.25) is 0 Å². The molecule has 1 rings (SSSR count). The minimum absolute atomic E-state index is 0.00185. The van der Waals surface area contributed by atoms with Gasteiger partial charge in [0.1, 0.15) is 5.75 Å². The van der Waals surface area contributed by atoms with Crippen LogP contribution in [0.15, 0.2) is 6.07 Å². The zero-order chi connectivity index (χ0) is 16.0. The SMILES string of the molecule is CCCc1c(C(=O)OC)cc(C(=O)OC)c(CCC)c1O. The average molecular weight is 294 g/mol. The zero-order valence-electron chi connectivity index (χ0n) is 13.0. The second-order valence-electron chi connectivity index (χ2n) is 4.76. The summed E-state index contributed by atoms with van der Waals surface area (Å²) >= 11 is 0. The molecule has 0 aliphatic rings. The lowest BCUT2D eigenvalue weighted by Crippen LogP contribution is -2.13. The van der Waals surface area contributed by atoms with Gasteiger partial charge < -0.3 is 14.6 Å². The molecule has 0 fully saturated rings. The predicted octanol–water partition coefficient (Wildman–Crippen LogP) is 2.87. The first-order chi connectivity index (χ1) is 10.0. The number of carbonyl (C=O) groups excluding carboxylic acids is 2. The number of esters is 2. The number of rotatable bonds is 6. The summed E-state index contributed by atoms with van der Waals surface area (Å²) in [5, 5.41) is 10.5. The molecule has 1 N–H and O–H groups in total. The first kappa shape index (κ1) is 17.0. The summed E-state index contributed by atoms with van der Waals surface area (Å²) in [5.41, 5.74) is 1.50. The van der Waals surface area contributed by atoms with Crippen molar-refractivity contribution in [2.24, 2.45) is 0 Å². The number of benzene rings is 1. The van der Waals surface area contributed by atoms with Crippen molar-refractivity contribution < 1.29 is 24.2 Å². The number of carbonyl (C=O) groups is 2. The van der Waals surface area contributed by atoms with Gasteiger partial charge in [0.25, 0.3) is 0 Å². The third kappa shape index (κ3) is 3.54. The molecule has 116 valence electrons. The Kier molecular flexibility index (Phi) is 6.21. The van der Waals surface area contributed by atoms with Crippen LogP contribution >= 0.6 is 0 Å². The Hall–Kier alpha value is -2.04. The van der Waals surface area contributed by atoms with Gasteiger partial charge in [0.15, 0.2) is 0 Å². The van der Waals surface area contributed by atoms with Crippen molar-refractivity contribution >= 4 is 11.9 Å². The van der Waals surface area contributed by atoms with Gasteiger partial charge in [0.2, 0.25) is 0 Å². The highest BCUT2D eigenvalue weighted by Gasteiger charge is 2.24. The molecule has 21 heavy (non-hydrogen) atoms. The molecule has 1 aromatic carbocycles. The van der Waals surface area contributed by atoms with Gasteiger partial charge in [-0.25, -0.2) is 9.59 Å². The molecule has 5 nitrogen and oxygen atoms in total. The van der Waals surface area contributed by atoms with Gasteiger partial charge in [0.05, 0.1) is 25.3 Å². The van der Waals surface area contributed by atoms with Crippen LogP contribution < -0.4 is 0 Å². The Morgan fingerprint density at radius 3 is 1.62 bits per heavy atom. The lowest BCUT2D eigenvalue weighted by Gasteiger charge is -2.16. The molecule has 0 aliphatic heterocycles. The molecule has 1 aromatic rings. The Morgan fingerprint density at radius 1 is 0.952 bits per heavy atom. The third-order valence-corrected chi connectivity index (χ3v) is 3.32. The van der Waals surface area contributed by atoms with Gasteiger partial charge >= 0.3 is 11.9 Å². The topological polar surface area (TPSA) is 72.8 Å². The standard InChI is InChI=1S/C16H22O5/c1-5-7-10-12(15(18)20-3)9-13(16(19)21-4)11(8-6-2)14(10)17/h9,17H,5-8H2,1-4H3. The molecule has 0 bridgehead atoms. The molecular weight excluding hydrogens is 272 g/mol. The van der Waals surface area contributed by atoms with Crippen molar-refractivity contribution in [1.82, 2.24) is 0 Å². The number of phenols is 1. The highest BCUT2D eigenvalue weighted by atomic mass is 16.5. The fraction of sp³-hybridized carbons (Fsp3) is 0.500. The van der Waals surface area contributed by atoms with Crippen LogP contribution in [0.4, 0.5) is 0 Å². The van der Waals surface area contributed by atoms with Crippen LogP contribution in [0.5, 0.6) is 5.75 Å². The molecule has 0 radical (unpaired) electrons. The summed E-state index contributed by atoms with van der Waals surface area (Å²) in [4.78, 5) is 23.8. The van der Waals surface area contributed by atoms with Crippen LogP contribution in [0.3, 0.4) is 0 Å². The fourth-order valence-electron chi connectivity index (χ4n) is 2.35. The Balaban J connectivity index is 3.61. The fourth-order valence-corrected chi connectivity index (χ4v) is 2.35. The van der Waals surface area contributed by atoms with E-state index in [0.29, 0.717) is 24.0 Å². The van der Waals surface area contributed by atoms with Crippen LogP contribution in [-0.2, 0) is 22.3 Å². The zero-order valence-corrected chi connectivity index (χ0v) is 13.0. The summed E-state index contributed by atoms with van der Waals surface area (Å²) in [7, 11) is 2.54. The van der Waals surface area contributed by atoms with Crippen LogP contribution in [0.25, 0.3) is 0 Å². The molecule has 0 spiro atoms. The summed E-state index contributed by atoms with van der Waals surface area (Å²) < 4.78 is 9.49. The Bertz CT molecular complexity index is 490. The summed E-state index contributed by atoms with van der Waals surface area (Å²) in [6.45, 7) is 3.91. The van der Waals surface area contributed by atoms with Crippen LogP contribution in [0, 0.1) is 0 Å². The van der Waals surface area contributed by atoms with Crippen molar-refractivity contribution in [2.45, 2.75) is 39.5 Å². The molecule has 0 saturated heterocycles. The highest BCUT2D eigenvalue weighted by Crippen LogP contribution is 2.32. The molecule has 0 aromatic heterocycles. The van der Waals surface area contributed by atoms with Crippen molar-refractivity contribution in [3.8, 4) is 5.75 Å². The monoisotopic (exact) mass is 294 g/mol. The highest BCUT2D eigenvalue weighted by molar-refractivity contribution is 5.98. The lowest BCUT2D eigenvalue weighted by atomic mass is 9.92. The van der Waals surface area contributed by atoms with Crippen molar-refractivity contribution in [3.63, 3.8) is 0 Å². The number of phenolic OH excluding ortho intramolecular Hbond substituents is 1. The smallest absolute Gasteiger partial charge is 0.338 e.